The Kier molecular flexibility index (Phi) is 4.61. The Morgan fingerprint density at radius 2 is 1.58 bits per heavy atom. The van der Waals surface area contributed by atoms with Gasteiger partial charge >= 0.3 is 0 Å². The highest BCUT2D eigenvalue weighted by molar-refractivity contribution is 6.24. The first-order valence-corrected chi connectivity index (χ1v) is 5.44. The zero-order chi connectivity index (χ0) is 9.83. The van der Waals surface area contributed by atoms with Crippen molar-refractivity contribution in [3.8, 4) is 0 Å². The highest BCUT2D eigenvalue weighted by atomic mass is 35.5. The van der Waals surface area contributed by atoms with Crippen molar-refractivity contribution < 1.29 is 0 Å². The molecular formula is C11H23Cl. The van der Waals surface area contributed by atoms with E-state index in [2.05, 4.69) is 34.6 Å². The van der Waals surface area contributed by atoms with Gasteiger partial charge in [-0.2, -0.15) is 0 Å². The van der Waals surface area contributed by atoms with Crippen LogP contribution in [0.2, 0.25) is 0 Å². The molecule has 0 aromatic carbocycles. The van der Waals surface area contributed by atoms with E-state index in [0.29, 0.717) is 0 Å². The predicted octanol–water partition coefficient (Wildman–Crippen LogP) is 4.61. The maximum Gasteiger partial charge on any atom is 0.0469 e. The van der Waals surface area contributed by atoms with Crippen LogP contribution in [0.1, 0.15) is 60.3 Å². The van der Waals surface area contributed by atoms with E-state index in [1.54, 1.807) is 0 Å². The van der Waals surface area contributed by atoms with Gasteiger partial charge in [-0.3, -0.25) is 0 Å². The minimum Gasteiger partial charge on any atom is -0.119 e. The molecule has 0 aliphatic heterocycles. The highest BCUT2D eigenvalue weighted by Crippen LogP contribution is 2.42. The molecule has 0 fully saturated rings. The molecule has 0 spiro atoms. The summed E-state index contributed by atoms with van der Waals surface area (Å²) in [7, 11) is 0. The smallest absolute Gasteiger partial charge is 0.0469 e. The van der Waals surface area contributed by atoms with Crippen LogP contribution in [0.25, 0.3) is 0 Å². The van der Waals surface area contributed by atoms with Gasteiger partial charge in [-0.05, 0) is 25.2 Å². The Bertz CT molecular complexity index is 125. The van der Waals surface area contributed by atoms with Gasteiger partial charge in [-0.1, -0.05) is 40.5 Å². The average Bonchev–Trinajstić information content (AvgIpc) is 2.00. The monoisotopic (exact) mass is 190 g/mol. The summed E-state index contributed by atoms with van der Waals surface area (Å²) in [5.74, 6) is 0. The molecule has 0 radical (unpaired) electrons. The maximum absolute atomic E-state index is 6.51. The van der Waals surface area contributed by atoms with E-state index in [-0.39, 0.29) is 10.3 Å². The van der Waals surface area contributed by atoms with Gasteiger partial charge in [-0.25, -0.2) is 0 Å². The number of hydrogen-bond donors (Lipinski definition) is 0. The molecule has 0 nitrogen and oxygen atoms in total. The summed E-state index contributed by atoms with van der Waals surface area (Å²) in [5.41, 5.74) is 0.254. The molecule has 0 aromatic heterocycles. The first-order chi connectivity index (χ1) is 5.37. The molecule has 74 valence electrons. The van der Waals surface area contributed by atoms with Gasteiger partial charge < -0.3 is 0 Å². The Balaban J connectivity index is 4.17. The molecule has 0 aromatic rings. The van der Waals surface area contributed by atoms with Crippen LogP contribution in [-0.4, -0.2) is 4.87 Å². The molecule has 0 bridgehead atoms. The topological polar surface area (TPSA) is 0 Å². The second kappa shape index (κ2) is 4.50. The fraction of sp³-hybridized carbons (Fsp3) is 1.00. The molecule has 0 saturated heterocycles. The SMILES string of the molecule is CCCCC(C)(Cl)C(C)(C)CC. The first kappa shape index (κ1) is 12.3. The van der Waals surface area contributed by atoms with Crippen LogP contribution in [0.4, 0.5) is 0 Å². The molecule has 0 amide bonds. The Hall–Kier alpha value is 0.290. The van der Waals surface area contributed by atoms with Crippen molar-refractivity contribution in [1.29, 1.82) is 0 Å². The third-order valence-corrected chi connectivity index (χ3v) is 4.00. The normalized spacial score (nSPS) is 17.5. The van der Waals surface area contributed by atoms with Crippen molar-refractivity contribution in [3.63, 3.8) is 0 Å². The highest BCUT2D eigenvalue weighted by Gasteiger charge is 2.36. The van der Waals surface area contributed by atoms with E-state index in [9.17, 15) is 0 Å². The minimum atomic E-state index is -0.0300. The van der Waals surface area contributed by atoms with Gasteiger partial charge in [-0.15, -0.1) is 11.6 Å². The van der Waals surface area contributed by atoms with E-state index in [1.807, 2.05) is 0 Å². The zero-order valence-electron chi connectivity index (χ0n) is 9.21. The zero-order valence-corrected chi connectivity index (χ0v) is 9.96. The molecule has 1 unspecified atom stereocenters. The quantitative estimate of drug-likeness (QED) is 0.556. The number of alkyl halides is 1. The number of unbranched alkanes of at least 4 members (excludes halogenated alkanes) is 1. The van der Waals surface area contributed by atoms with Crippen molar-refractivity contribution in [2.24, 2.45) is 5.41 Å². The Morgan fingerprint density at radius 1 is 1.08 bits per heavy atom. The molecule has 0 saturated carbocycles. The van der Waals surface area contributed by atoms with Gasteiger partial charge in [0.25, 0.3) is 0 Å². The predicted molar refractivity (Wildman–Crippen MR) is 57.9 cm³/mol. The van der Waals surface area contributed by atoms with E-state index in [1.165, 1.54) is 12.8 Å². The standard InChI is InChI=1S/C11H23Cl/c1-6-8-9-11(5,12)10(3,4)7-2/h6-9H2,1-5H3. The molecule has 0 rings (SSSR count). The van der Waals surface area contributed by atoms with Crippen LogP contribution in [0.5, 0.6) is 0 Å². The summed E-state index contributed by atoms with van der Waals surface area (Å²) >= 11 is 6.51. The van der Waals surface area contributed by atoms with Crippen molar-refractivity contribution in [1.82, 2.24) is 0 Å². The molecule has 12 heavy (non-hydrogen) atoms. The van der Waals surface area contributed by atoms with Gasteiger partial charge in [0, 0.05) is 4.87 Å². The molecule has 1 atom stereocenters. The van der Waals surface area contributed by atoms with Gasteiger partial charge in [0.2, 0.25) is 0 Å². The van der Waals surface area contributed by atoms with E-state index < -0.39 is 0 Å². The lowest BCUT2D eigenvalue weighted by atomic mass is 9.75. The Labute approximate surface area is 82.7 Å². The second-order valence-electron chi connectivity index (χ2n) is 4.54. The molecular weight excluding hydrogens is 168 g/mol. The van der Waals surface area contributed by atoms with E-state index in [0.717, 1.165) is 12.8 Å². The van der Waals surface area contributed by atoms with Crippen molar-refractivity contribution >= 4 is 11.6 Å². The summed E-state index contributed by atoms with van der Waals surface area (Å²) in [6.07, 6.45) is 4.76. The molecule has 0 aliphatic rings. The van der Waals surface area contributed by atoms with Gasteiger partial charge in [0.1, 0.15) is 0 Å². The second-order valence-corrected chi connectivity index (χ2v) is 5.37. The fourth-order valence-electron chi connectivity index (χ4n) is 1.22. The van der Waals surface area contributed by atoms with Crippen LogP contribution in [0.15, 0.2) is 0 Å². The van der Waals surface area contributed by atoms with Crippen LogP contribution in [0, 0.1) is 5.41 Å². The molecule has 1 heteroatoms. The van der Waals surface area contributed by atoms with E-state index >= 15 is 0 Å². The minimum absolute atomic E-state index is 0.0300. The lowest BCUT2D eigenvalue weighted by Crippen LogP contribution is -2.36. The van der Waals surface area contributed by atoms with Crippen molar-refractivity contribution in [2.45, 2.75) is 65.2 Å². The third-order valence-electron chi connectivity index (χ3n) is 3.29. The van der Waals surface area contributed by atoms with Crippen molar-refractivity contribution in [2.75, 3.05) is 0 Å². The van der Waals surface area contributed by atoms with Crippen LogP contribution < -0.4 is 0 Å². The van der Waals surface area contributed by atoms with Crippen LogP contribution >= 0.6 is 11.6 Å². The maximum atomic E-state index is 6.51. The number of rotatable bonds is 5. The molecule has 0 heterocycles. The molecule has 0 N–H and O–H groups in total. The number of hydrogen-bond acceptors (Lipinski definition) is 0. The summed E-state index contributed by atoms with van der Waals surface area (Å²) in [4.78, 5) is -0.0300. The summed E-state index contributed by atoms with van der Waals surface area (Å²) in [6, 6.07) is 0. The van der Waals surface area contributed by atoms with Crippen LogP contribution in [0.3, 0.4) is 0 Å². The first-order valence-electron chi connectivity index (χ1n) is 5.06. The largest absolute Gasteiger partial charge is 0.119 e. The average molecular weight is 191 g/mol. The summed E-state index contributed by atoms with van der Waals surface area (Å²) in [6.45, 7) is 11.1. The lowest BCUT2D eigenvalue weighted by molar-refractivity contribution is 0.233. The van der Waals surface area contributed by atoms with Crippen LogP contribution in [-0.2, 0) is 0 Å². The third kappa shape index (κ3) is 2.97. The number of halogens is 1. The fourth-order valence-corrected chi connectivity index (χ4v) is 1.48. The molecule has 0 aliphatic carbocycles. The van der Waals surface area contributed by atoms with Gasteiger partial charge in [0.15, 0.2) is 0 Å². The van der Waals surface area contributed by atoms with Gasteiger partial charge in [0.05, 0.1) is 0 Å². The summed E-state index contributed by atoms with van der Waals surface area (Å²) < 4.78 is 0. The lowest BCUT2D eigenvalue weighted by Gasteiger charge is -2.39. The summed E-state index contributed by atoms with van der Waals surface area (Å²) in [5, 5.41) is 0. The van der Waals surface area contributed by atoms with E-state index in [4.69, 9.17) is 11.6 Å². The Morgan fingerprint density at radius 3 is 1.92 bits per heavy atom. The van der Waals surface area contributed by atoms with Crippen molar-refractivity contribution in [3.05, 3.63) is 0 Å².